The molecule has 1 aromatic heterocycles. The van der Waals surface area contributed by atoms with Crippen LogP contribution in [0.2, 0.25) is 0 Å². The van der Waals surface area contributed by atoms with Crippen LogP contribution in [0.3, 0.4) is 0 Å². The molecule has 2 fully saturated rings. The standard InChI is InChI=1S/C20H25FN4O.2ClH/c1-12-13(2)24-19-17(9-15(21)10-18(19)23-12)20(26)25-7-5-16(6-8-25)22-11-14-3-4-14;;/h9-10,14,16,22H,3-8,11H2,1-2H3;2*1H. The van der Waals surface area contributed by atoms with Crippen molar-refractivity contribution in [1.29, 1.82) is 0 Å². The second kappa shape index (κ2) is 9.33. The Labute approximate surface area is 177 Å². The minimum atomic E-state index is -0.445. The summed E-state index contributed by atoms with van der Waals surface area (Å²) >= 11 is 0. The predicted molar refractivity (Wildman–Crippen MR) is 113 cm³/mol. The number of nitrogens with zero attached hydrogens (tertiary/aromatic N) is 3. The zero-order chi connectivity index (χ0) is 18.3. The quantitative estimate of drug-likeness (QED) is 0.803. The summed E-state index contributed by atoms with van der Waals surface area (Å²) in [5, 5.41) is 3.61. The predicted octanol–water partition coefficient (Wildman–Crippen LogP) is 3.83. The van der Waals surface area contributed by atoms with Crippen molar-refractivity contribution >= 4 is 41.8 Å². The maximum Gasteiger partial charge on any atom is 0.256 e. The molecule has 2 aliphatic rings. The van der Waals surface area contributed by atoms with Gasteiger partial charge < -0.3 is 10.2 Å². The topological polar surface area (TPSA) is 58.1 Å². The van der Waals surface area contributed by atoms with Crippen molar-refractivity contribution in [2.45, 2.75) is 45.6 Å². The Kier molecular flexibility index (Phi) is 7.59. The number of fused-ring (bicyclic) bond motifs is 1. The van der Waals surface area contributed by atoms with Crippen LogP contribution in [-0.4, -0.2) is 46.5 Å². The van der Waals surface area contributed by atoms with Gasteiger partial charge in [-0.15, -0.1) is 24.8 Å². The number of benzene rings is 1. The maximum absolute atomic E-state index is 14.1. The van der Waals surface area contributed by atoms with E-state index in [-0.39, 0.29) is 30.7 Å². The van der Waals surface area contributed by atoms with Gasteiger partial charge in [-0.2, -0.15) is 0 Å². The van der Waals surface area contributed by atoms with Crippen LogP contribution in [0.15, 0.2) is 12.1 Å². The number of piperidine rings is 1. The first-order valence-corrected chi connectivity index (χ1v) is 9.48. The van der Waals surface area contributed by atoms with Crippen LogP contribution in [0.4, 0.5) is 4.39 Å². The van der Waals surface area contributed by atoms with Crippen molar-refractivity contribution < 1.29 is 9.18 Å². The molecule has 1 aliphatic heterocycles. The first-order valence-electron chi connectivity index (χ1n) is 9.48. The number of aromatic nitrogens is 2. The van der Waals surface area contributed by atoms with E-state index in [1.165, 1.54) is 25.0 Å². The molecule has 1 amide bonds. The second-order valence-corrected chi connectivity index (χ2v) is 7.63. The summed E-state index contributed by atoms with van der Waals surface area (Å²) in [5.74, 6) is 0.269. The summed E-state index contributed by atoms with van der Waals surface area (Å²) in [7, 11) is 0. The van der Waals surface area contributed by atoms with Crippen LogP contribution in [-0.2, 0) is 0 Å². The molecule has 1 aliphatic carbocycles. The Hall–Kier alpha value is -1.50. The smallest absolute Gasteiger partial charge is 0.256 e. The molecule has 2 aromatic rings. The number of hydrogen-bond donors (Lipinski definition) is 1. The fraction of sp³-hybridized carbons (Fsp3) is 0.550. The minimum absolute atomic E-state index is 0. The maximum atomic E-state index is 14.1. The van der Waals surface area contributed by atoms with E-state index >= 15 is 0 Å². The van der Waals surface area contributed by atoms with Crippen molar-refractivity contribution in [3.63, 3.8) is 0 Å². The van der Waals surface area contributed by atoms with Crippen molar-refractivity contribution in [2.75, 3.05) is 19.6 Å². The molecule has 0 atom stereocenters. The average molecular weight is 429 g/mol. The third-order valence-corrected chi connectivity index (χ3v) is 5.55. The molecule has 1 aromatic carbocycles. The zero-order valence-corrected chi connectivity index (χ0v) is 17.8. The van der Waals surface area contributed by atoms with Crippen LogP contribution in [0, 0.1) is 25.6 Å². The number of likely N-dealkylation sites (tertiary alicyclic amines) is 1. The fourth-order valence-electron chi connectivity index (χ4n) is 3.57. The summed E-state index contributed by atoms with van der Waals surface area (Å²) in [6.07, 6.45) is 4.57. The summed E-state index contributed by atoms with van der Waals surface area (Å²) in [6, 6.07) is 3.12. The number of halogens is 3. The Balaban J connectivity index is 0.00000140. The van der Waals surface area contributed by atoms with Crippen molar-refractivity contribution in [3.05, 3.63) is 34.9 Å². The third-order valence-electron chi connectivity index (χ3n) is 5.55. The van der Waals surface area contributed by atoms with E-state index in [0.29, 0.717) is 35.7 Å². The number of aryl methyl sites for hydroxylation is 2. The zero-order valence-electron chi connectivity index (χ0n) is 16.2. The van der Waals surface area contributed by atoms with E-state index in [4.69, 9.17) is 0 Å². The van der Waals surface area contributed by atoms with Gasteiger partial charge in [0.2, 0.25) is 0 Å². The van der Waals surface area contributed by atoms with Crippen LogP contribution in [0.1, 0.15) is 47.4 Å². The molecule has 1 saturated heterocycles. The summed E-state index contributed by atoms with van der Waals surface area (Å²) in [5.41, 5.74) is 2.77. The van der Waals surface area contributed by atoms with Gasteiger partial charge >= 0.3 is 0 Å². The number of carbonyl (C=O) groups is 1. The fourth-order valence-corrected chi connectivity index (χ4v) is 3.57. The van der Waals surface area contributed by atoms with Gasteiger partial charge in [0.05, 0.1) is 22.5 Å². The molecule has 28 heavy (non-hydrogen) atoms. The van der Waals surface area contributed by atoms with Crippen LogP contribution >= 0.6 is 24.8 Å². The van der Waals surface area contributed by atoms with E-state index in [2.05, 4.69) is 15.3 Å². The Morgan fingerprint density at radius 2 is 1.75 bits per heavy atom. The largest absolute Gasteiger partial charge is 0.338 e. The highest BCUT2D eigenvalue weighted by atomic mass is 35.5. The molecule has 4 rings (SSSR count). The van der Waals surface area contributed by atoms with Gasteiger partial charge in [-0.1, -0.05) is 0 Å². The lowest BCUT2D eigenvalue weighted by Gasteiger charge is -2.32. The van der Waals surface area contributed by atoms with Crippen molar-refractivity contribution in [2.24, 2.45) is 5.92 Å². The number of rotatable bonds is 4. The van der Waals surface area contributed by atoms with Gasteiger partial charge in [0.25, 0.3) is 5.91 Å². The van der Waals surface area contributed by atoms with Gasteiger partial charge in [-0.3, -0.25) is 4.79 Å². The number of amides is 1. The van der Waals surface area contributed by atoms with Gasteiger partial charge in [0.1, 0.15) is 11.3 Å². The Morgan fingerprint density at radius 1 is 1.11 bits per heavy atom. The monoisotopic (exact) mass is 428 g/mol. The summed E-state index contributed by atoms with van der Waals surface area (Å²) in [6.45, 7) is 6.18. The third kappa shape index (κ3) is 4.91. The number of carbonyl (C=O) groups excluding carboxylic acids is 1. The molecule has 8 heteroatoms. The highest BCUT2D eigenvalue weighted by Gasteiger charge is 2.27. The van der Waals surface area contributed by atoms with E-state index in [0.717, 1.165) is 36.7 Å². The average Bonchev–Trinajstić information content (AvgIpc) is 3.45. The van der Waals surface area contributed by atoms with Gasteiger partial charge in [-0.25, -0.2) is 14.4 Å². The SMILES string of the molecule is Cc1nc2cc(F)cc(C(=O)N3CCC(NCC4CC4)CC3)c2nc1C.Cl.Cl. The van der Waals surface area contributed by atoms with Gasteiger partial charge in [0, 0.05) is 25.2 Å². The normalized spacial score (nSPS) is 17.2. The molecule has 0 bridgehead atoms. The summed E-state index contributed by atoms with van der Waals surface area (Å²) in [4.78, 5) is 23.7. The van der Waals surface area contributed by atoms with Gasteiger partial charge in [0.15, 0.2) is 0 Å². The van der Waals surface area contributed by atoms with E-state index in [9.17, 15) is 9.18 Å². The van der Waals surface area contributed by atoms with E-state index < -0.39 is 5.82 Å². The highest BCUT2D eigenvalue weighted by Crippen LogP contribution is 2.28. The highest BCUT2D eigenvalue weighted by molar-refractivity contribution is 6.04. The summed E-state index contributed by atoms with van der Waals surface area (Å²) < 4.78 is 14.1. The van der Waals surface area contributed by atoms with E-state index in [1.54, 1.807) is 0 Å². The van der Waals surface area contributed by atoms with E-state index in [1.807, 2.05) is 18.7 Å². The second-order valence-electron chi connectivity index (χ2n) is 7.63. The van der Waals surface area contributed by atoms with Crippen LogP contribution in [0.25, 0.3) is 11.0 Å². The van der Waals surface area contributed by atoms with Gasteiger partial charge in [-0.05, 0) is 58.1 Å². The number of nitrogens with one attached hydrogen (secondary N) is 1. The molecule has 1 N–H and O–H groups in total. The Bertz CT molecular complexity index is 852. The van der Waals surface area contributed by atoms with Crippen LogP contribution in [0.5, 0.6) is 0 Å². The molecule has 0 radical (unpaired) electrons. The lowest BCUT2D eigenvalue weighted by Crippen LogP contribution is -2.45. The van der Waals surface area contributed by atoms with Crippen molar-refractivity contribution in [3.8, 4) is 0 Å². The molecule has 154 valence electrons. The first kappa shape index (κ1) is 22.8. The lowest BCUT2D eigenvalue weighted by molar-refractivity contribution is 0.0706. The van der Waals surface area contributed by atoms with Crippen LogP contribution < -0.4 is 5.32 Å². The number of hydrogen-bond acceptors (Lipinski definition) is 4. The molecule has 5 nitrogen and oxygen atoms in total. The molecule has 2 heterocycles. The molecule has 1 saturated carbocycles. The van der Waals surface area contributed by atoms with Crippen molar-refractivity contribution in [1.82, 2.24) is 20.2 Å². The Morgan fingerprint density at radius 3 is 2.39 bits per heavy atom. The molecule has 0 unspecified atom stereocenters. The first-order chi connectivity index (χ1) is 12.5. The molecular weight excluding hydrogens is 402 g/mol. The molecular formula is C20H27Cl2FN4O. The minimum Gasteiger partial charge on any atom is -0.338 e. The molecule has 0 spiro atoms. The lowest BCUT2D eigenvalue weighted by atomic mass is 10.0.